The summed E-state index contributed by atoms with van der Waals surface area (Å²) in [6.07, 6.45) is 0. The maximum Gasteiger partial charge on any atom is 0.322 e. The average molecular weight is 254 g/mol. The van der Waals surface area contributed by atoms with Crippen molar-refractivity contribution in [3.63, 3.8) is 0 Å². The zero-order valence-corrected chi connectivity index (χ0v) is 9.97. The van der Waals surface area contributed by atoms with Gasteiger partial charge in [0.1, 0.15) is 6.04 Å². The third kappa shape index (κ3) is 3.07. The molecule has 88 valence electrons. The molecule has 1 saturated heterocycles. The van der Waals surface area contributed by atoms with Gasteiger partial charge < -0.3 is 5.11 Å². The first kappa shape index (κ1) is 12.8. The Bertz CT molecular complexity index is 330. The van der Waals surface area contributed by atoms with Crippen LogP contribution in [0.2, 0.25) is 0 Å². The number of nitrogens with zero attached hydrogens (tertiary/aromatic N) is 1. The largest absolute Gasteiger partial charge is 0.480 e. The second kappa shape index (κ2) is 5.15. The fourth-order valence-corrected chi connectivity index (χ4v) is 3.95. The summed E-state index contributed by atoms with van der Waals surface area (Å²) < 4.78 is 26.6. The van der Waals surface area contributed by atoms with E-state index in [0.29, 0.717) is 11.5 Å². The quantitative estimate of drug-likeness (QED) is 0.695. The van der Waals surface area contributed by atoms with Crippen molar-refractivity contribution in [3.8, 4) is 0 Å². The van der Waals surface area contributed by atoms with Gasteiger partial charge in [0.25, 0.3) is 10.2 Å². The molecule has 0 spiro atoms. The van der Waals surface area contributed by atoms with Gasteiger partial charge in [0.05, 0.1) is 0 Å². The molecule has 2 N–H and O–H groups in total. The lowest BCUT2D eigenvalue weighted by Crippen LogP contribution is -2.53. The SMILES string of the molecule is CCNS(=O)(=O)N1CCSCC1C(=O)O. The molecule has 1 rings (SSSR count). The molecular weight excluding hydrogens is 240 g/mol. The van der Waals surface area contributed by atoms with E-state index in [1.54, 1.807) is 6.92 Å². The number of carboxylic acids is 1. The van der Waals surface area contributed by atoms with Crippen LogP contribution in [0.15, 0.2) is 0 Å². The molecule has 1 atom stereocenters. The summed E-state index contributed by atoms with van der Waals surface area (Å²) in [7, 11) is -3.64. The third-order valence-electron chi connectivity index (χ3n) is 2.00. The molecule has 6 nitrogen and oxygen atoms in total. The molecule has 0 bridgehead atoms. The third-order valence-corrected chi connectivity index (χ3v) is 4.73. The van der Waals surface area contributed by atoms with Crippen molar-refractivity contribution in [3.05, 3.63) is 0 Å². The Morgan fingerprint density at radius 3 is 2.87 bits per heavy atom. The summed E-state index contributed by atoms with van der Waals surface area (Å²) in [4.78, 5) is 10.9. The van der Waals surface area contributed by atoms with Gasteiger partial charge in [0.15, 0.2) is 0 Å². The van der Waals surface area contributed by atoms with Gasteiger partial charge in [-0.1, -0.05) is 6.92 Å². The predicted molar refractivity (Wildman–Crippen MR) is 58.1 cm³/mol. The van der Waals surface area contributed by atoms with Gasteiger partial charge >= 0.3 is 5.97 Å². The molecule has 0 saturated carbocycles. The predicted octanol–water partition coefficient (Wildman–Crippen LogP) is -0.657. The van der Waals surface area contributed by atoms with E-state index in [-0.39, 0.29) is 13.1 Å². The second-order valence-electron chi connectivity index (χ2n) is 3.04. The van der Waals surface area contributed by atoms with Crippen molar-refractivity contribution in [1.82, 2.24) is 9.03 Å². The van der Waals surface area contributed by atoms with E-state index < -0.39 is 22.2 Å². The van der Waals surface area contributed by atoms with Crippen LogP contribution in [0.25, 0.3) is 0 Å². The van der Waals surface area contributed by atoms with Crippen molar-refractivity contribution in [2.75, 3.05) is 24.6 Å². The second-order valence-corrected chi connectivity index (χ2v) is 5.90. The minimum Gasteiger partial charge on any atom is -0.480 e. The minimum absolute atomic E-state index is 0.247. The highest BCUT2D eigenvalue weighted by molar-refractivity contribution is 7.99. The van der Waals surface area contributed by atoms with Crippen molar-refractivity contribution < 1.29 is 18.3 Å². The number of thioether (sulfide) groups is 1. The van der Waals surface area contributed by atoms with Crippen molar-refractivity contribution in [2.45, 2.75) is 13.0 Å². The van der Waals surface area contributed by atoms with Crippen LogP contribution in [-0.4, -0.2) is 54.4 Å². The molecular formula is C7H14N2O4S2. The Morgan fingerprint density at radius 2 is 2.33 bits per heavy atom. The number of nitrogens with one attached hydrogen (secondary N) is 1. The molecule has 1 fully saturated rings. The molecule has 0 aliphatic carbocycles. The van der Waals surface area contributed by atoms with Crippen LogP contribution < -0.4 is 4.72 Å². The summed E-state index contributed by atoms with van der Waals surface area (Å²) in [5.74, 6) is -0.155. The first-order valence-corrected chi connectivity index (χ1v) is 7.15. The van der Waals surface area contributed by atoms with Gasteiger partial charge in [-0.25, -0.2) is 4.72 Å². The summed E-state index contributed by atoms with van der Waals surface area (Å²) in [6.45, 7) is 2.17. The average Bonchev–Trinajstić information content (AvgIpc) is 2.17. The van der Waals surface area contributed by atoms with Crippen LogP contribution >= 0.6 is 11.8 Å². The van der Waals surface area contributed by atoms with Gasteiger partial charge in [-0.15, -0.1) is 0 Å². The highest BCUT2D eigenvalue weighted by atomic mass is 32.2. The van der Waals surface area contributed by atoms with Crippen LogP contribution in [0.5, 0.6) is 0 Å². The Labute approximate surface area is 93.2 Å². The smallest absolute Gasteiger partial charge is 0.322 e. The normalized spacial score (nSPS) is 23.9. The number of hydrogen-bond acceptors (Lipinski definition) is 4. The summed E-state index contributed by atoms with van der Waals surface area (Å²) >= 11 is 1.45. The highest BCUT2D eigenvalue weighted by Crippen LogP contribution is 2.19. The van der Waals surface area contributed by atoms with Crippen LogP contribution in [0.4, 0.5) is 0 Å². The molecule has 15 heavy (non-hydrogen) atoms. The van der Waals surface area contributed by atoms with Crippen LogP contribution in [-0.2, 0) is 15.0 Å². The zero-order chi connectivity index (χ0) is 11.5. The van der Waals surface area contributed by atoms with E-state index >= 15 is 0 Å². The summed E-state index contributed by atoms with van der Waals surface area (Å²) in [5, 5.41) is 8.89. The molecule has 8 heteroatoms. The van der Waals surface area contributed by atoms with Gasteiger partial charge in [-0.3, -0.25) is 4.79 Å². The fourth-order valence-electron chi connectivity index (χ4n) is 1.34. The van der Waals surface area contributed by atoms with Gasteiger partial charge in [0, 0.05) is 24.6 Å². The van der Waals surface area contributed by atoms with E-state index in [1.165, 1.54) is 11.8 Å². The molecule has 0 aromatic carbocycles. The van der Waals surface area contributed by atoms with E-state index in [1.807, 2.05) is 0 Å². The number of rotatable bonds is 4. The summed E-state index contributed by atoms with van der Waals surface area (Å²) in [5.41, 5.74) is 0. The fraction of sp³-hybridized carbons (Fsp3) is 0.857. The Balaban J connectivity index is 2.85. The maximum atomic E-state index is 11.6. The van der Waals surface area contributed by atoms with Crippen LogP contribution in [0.1, 0.15) is 6.92 Å². The van der Waals surface area contributed by atoms with E-state index in [9.17, 15) is 13.2 Å². The Hall–Kier alpha value is -0.310. The van der Waals surface area contributed by atoms with E-state index in [0.717, 1.165) is 4.31 Å². The van der Waals surface area contributed by atoms with Crippen LogP contribution in [0, 0.1) is 0 Å². The molecule has 0 aromatic heterocycles. The van der Waals surface area contributed by atoms with Crippen molar-refractivity contribution in [1.29, 1.82) is 0 Å². The lowest BCUT2D eigenvalue weighted by atomic mass is 10.3. The van der Waals surface area contributed by atoms with Crippen molar-refractivity contribution >= 4 is 27.9 Å². The molecule has 0 amide bonds. The van der Waals surface area contributed by atoms with E-state index in [2.05, 4.69) is 4.72 Å². The number of carboxylic acid groups (broad SMARTS) is 1. The molecule has 0 aromatic rings. The Kier molecular flexibility index (Phi) is 4.38. The highest BCUT2D eigenvalue weighted by Gasteiger charge is 2.36. The number of carbonyl (C=O) groups is 1. The number of aliphatic carboxylic acids is 1. The van der Waals surface area contributed by atoms with Crippen molar-refractivity contribution in [2.24, 2.45) is 0 Å². The molecule has 0 radical (unpaired) electrons. The number of hydrogen-bond donors (Lipinski definition) is 2. The molecule has 1 unspecified atom stereocenters. The Morgan fingerprint density at radius 1 is 1.67 bits per heavy atom. The molecule has 1 heterocycles. The van der Waals surface area contributed by atoms with Crippen LogP contribution in [0.3, 0.4) is 0 Å². The van der Waals surface area contributed by atoms with Gasteiger partial charge in [-0.2, -0.15) is 24.5 Å². The first-order valence-electron chi connectivity index (χ1n) is 4.56. The topological polar surface area (TPSA) is 86.7 Å². The molecule has 1 aliphatic heterocycles. The zero-order valence-electron chi connectivity index (χ0n) is 8.34. The van der Waals surface area contributed by atoms with Gasteiger partial charge in [0.2, 0.25) is 0 Å². The first-order chi connectivity index (χ1) is 6.99. The lowest BCUT2D eigenvalue weighted by molar-refractivity contribution is -0.140. The summed E-state index contributed by atoms with van der Waals surface area (Å²) in [6, 6.07) is -0.951. The monoisotopic (exact) mass is 254 g/mol. The maximum absolute atomic E-state index is 11.6. The standard InChI is InChI=1S/C7H14N2O4S2/c1-2-8-15(12,13)9-3-4-14-5-6(9)7(10)11/h6,8H,2-5H2,1H3,(H,10,11). The molecule has 1 aliphatic rings. The lowest BCUT2D eigenvalue weighted by Gasteiger charge is -2.31. The minimum atomic E-state index is -3.64. The van der Waals surface area contributed by atoms with E-state index in [4.69, 9.17) is 5.11 Å². The van der Waals surface area contributed by atoms with Gasteiger partial charge in [-0.05, 0) is 0 Å².